The molecule has 10 heteroatoms. The lowest BCUT2D eigenvalue weighted by Crippen LogP contribution is -2.51. The van der Waals surface area contributed by atoms with Crippen molar-refractivity contribution in [2.75, 3.05) is 47.5 Å². The maximum Gasteiger partial charge on any atom is 0.309 e. The molecule has 0 aromatic rings. The minimum Gasteiger partial charge on any atom is -0.756 e. The van der Waals surface area contributed by atoms with Crippen molar-refractivity contribution in [1.82, 2.24) is 0 Å². The zero-order chi connectivity index (χ0) is 45.4. The van der Waals surface area contributed by atoms with Gasteiger partial charge in [-0.1, -0.05) is 150 Å². The van der Waals surface area contributed by atoms with E-state index in [4.69, 9.17) is 18.5 Å². The van der Waals surface area contributed by atoms with Gasteiger partial charge in [0.15, 0.2) is 6.10 Å². The first-order valence-corrected chi connectivity index (χ1v) is 27.3. The van der Waals surface area contributed by atoms with Gasteiger partial charge >= 0.3 is 11.9 Å². The minimum atomic E-state index is -4.67. The molecular weight excluding hydrogens is 798 g/mol. The topological polar surface area (TPSA) is 111 Å². The van der Waals surface area contributed by atoms with Crippen LogP contribution in [0.3, 0.4) is 0 Å². The number of phosphoric acid groups is 1. The third kappa shape index (κ3) is 16.6. The van der Waals surface area contributed by atoms with Crippen LogP contribution in [-0.4, -0.2) is 70.0 Å². The van der Waals surface area contributed by atoms with Gasteiger partial charge in [-0.2, -0.15) is 0 Å². The van der Waals surface area contributed by atoms with Gasteiger partial charge in [0.2, 0.25) is 0 Å². The van der Waals surface area contributed by atoms with Crippen LogP contribution in [0.5, 0.6) is 0 Å². The van der Waals surface area contributed by atoms with Crippen LogP contribution < -0.4 is 4.89 Å². The minimum absolute atomic E-state index is 0.0290. The van der Waals surface area contributed by atoms with Crippen molar-refractivity contribution in [2.24, 2.45) is 52.3 Å². The van der Waals surface area contributed by atoms with Gasteiger partial charge < -0.3 is 27.9 Å². The number of phosphoric ester groups is 1. The number of nitrogens with zero attached hydrogens (tertiary/aromatic N) is 1. The lowest BCUT2D eigenvalue weighted by atomic mass is 9.46. The highest BCUT2D eigenvalue weighted by atomic mass is 31.2. The number of hydrogen-bond donors (Lipinski definition) is 0. The number of unbranched alkanes of at least 4 members (excludes halogenated alkanes) is 12. The third-order valence-corrected chi connectivity index (χ3v) is 17.2. The van der Waals surface area contributed by atoms with E-state index in [0.29, 0.717) is 34.7 Å². The number of ether oxygens (including phenoxy) is 2. The summed E-state index contributed by atoms with van der Waals surface area (Å²) in [5.41, 5.74) is 1.92. The van der Waals surface area contributed by atoms with E-state index < -0.39 is 20.5 Å². The van der Waals surface area contributed by atoms with Gasteiger partial charge in [0.25, 0.3) is 7.82 Å². The number of fused-ring (bicyclic) bond motifs is 5. The summed E-state index contributed by atoms with van der Waals surface area (Å²) >= 11 is 0. The van der Waals surface area contributed by atoms with Gasteiger partial charge in [-0.15, -0.1) is 0 Å². The van der Waals surface area contributed by atoms with E-state index >= 15 is 0 Å². The molecule has 0 bridgehead atoms. The van der Waals surface area contributed by atoms with Crippen LogP contribution >= 0.6 is 7.82 Å². The first kappa shape index (κ1) is 53.4. The van der Waals surface area contributed by atoms with Crippen molar-refractivity contribution in [3.63, 3.8) is 0 Å². The fraction of sp³-hybridized carbons (Fsp3) is 0.923. The summed E-state index contributed by atoms with van der Waals surface area (Å²) in [5, 5.41) is 0. The maximum absolute atomic E-state index is 13.9. The van der Waals surface area contributed by atoms with E-state index in [-0.39, 0.29) is 42.9 Å². The zero-order valence-electron chi connectivity index (χ0n) is 41.4. The summed E-state index contributed by atoms with van der Waals surface area (Å²) in [7, 11) is 1.17. The SMILES string of the molecule is CCCCCCCCCCCCCCCC(=O)OC[C@H](COP(=O)([O-])OCC[N+](C)(C)C)OC(=O)C1CC[C@@]2(C)C(=CCC3C2CC[C@@]2(C)C3CC[C@@H]2[C@H](C)CCCC(C)C)C1. The molecule has 4 rings (SSSR count). The van der Waals surface area contributed by atoms with E-state index in [1.165, 1.54) is 115 Å². The van der Waals surface area contributed by atoms with Gasteiger partial charge in [-0.25, -0.2) is 0 Å². The van der Waals surface area contributed by atoms with E-state index in [1.54, 1.807) is 0 Å². The van der Waals surface area contributed by atoms with Crippen molar-refractivity contribution in [3.8, 4) is 0 Å². The number of esters is 2. The second kappa shape index (κ2) is 25.6. The molecule has 3 saturated carbocycles. The molecule has 10 atom stereocenters. The molecule has 0 N–H and O–H groups in total. The first-order valence-electron chi connectivity index (χ1n) is 25.8. The van der Waals surface area contributed by atoms with Crippen molar-refractivity contribution >= 4 is 19.8 Å². The van der Waals surface area contributed by atoms with Crippen LogP contribution in [0, 0.1) is 52.3 Å². The molecule has 0 amide bonds. The normalized spacial score (nSPS) is 29.2. The Kier molecular flexibility index (Phi) is 22.0. The molecule has 360 valence electrons. The Morgan fingerprint density at radius 3 is 2.08 bits per heavy atom. The second-order valence-corrected chi connectivity index (χ2v) is 24.0. The molecule has 4 aliphatic rings. The number of likely N-dealkylation sites (N-methyl/N-ethyl adjacent to an activating group) is 1. The monoisotopic (exact) mass is 892 g/mol. The van der Waals surface area contributed by atoms with Gasteiger partial charge in [-0.05, 0) is 104 Å². The molecule has 0 saturated heterocycles. The summed E-state index contributed by atoms with van der Waals surface area (Å²) in [6.07, 6.45) is 30.4. The van der Waals surface area contributed by atoms with Gasteiger partial charge in [0.05, 0.1) is 33.7 Å². The van der Waals surface area contributed by atoms with Crippen molar-refractivity contribution in [3.05, 3.63) is 11.6 Å². The van der Waals surface area contributed by atoms with Crippen LogP contribution in [0.15, 0.2) is 11.6 Å². The lowest BCUT2D eigenvalue weighted by Gasteiger charge is -2.58. The molecule has 4 aliphatic carbocycles. The van der Waals surface area contributed by atoms with Gasteiger partial charge in [0.1, 0.15) is 19.8 Å². The molecule has 5 unspecified atom stereocenters. The van der Waals surface area contributed by atoms with E-state index in [2.05, 4.69) is 47.6 Å². The average molecular weight is 892 g/mol. The standard InChI is InChI=1S/C52H94NO8P/c1-10-11-12-13-14-15-16-17-18-19-20-21-22-26-49(54)58-38-44(39-60-62(56,57)59-36-35-53(7,8)9)61-50(55)42-31-33-51(5)43(37-42)27-28-45-47-30-29-46(41(4)25-23-24-40(2)3)52(47,6)34-32-48(45)51/h27,40-42,44-48H,10-26,28-39H2,1-9H3/t41-,42?,44-,45?,46-,47?,48?,51+,52-/m1/s1. The van der Waals surface area contributed by atoms with Crippen LogP contribution in [0.25, 0.3) is 0 Å². The molecule has 9 nitrogen and oxygen atoms in total. The highest BCUT2D eigenvalue weighted by Gasteiger charge is 2.59. The first-order chi connectivity index (χ1) is 29.4. The highest BCUT2D eigenvalue weighted by Crippen LogP contribution is 2.67. The third-order valence-electron chi connectivity index (χ3n) is 16.3. The summed E-state index contributed by atoms with van der Waals surface area (Å²) in [6.45, 7) is 14.3. The van der Waals surface area contributed by atoms with Gasteiger partial charge in [-0.3, -0.25) is 14.2 Å². The summed E-state index contributed by atoms with van der Waals surface area (Å²) in [5.74, 6) is 3.45. The number of quaternary nitrogens is 1. The summed E-state index contributed by atoms with van der Waals surface area (Å²) in [6, 6.07) is 0. The Labute approximate surface area is 380 Å². The molecule has 0 aromatic heterocycles. The van der Waals surface area contributed by atoms with Crippen LogP contribution in [0.1, 0.15) is 202 Å². The largest absolute Gasteiger partial charge is 0.756 e. The number of hydrogen-bond acceptors (Lipinski definition) is 8. The zero-order valence-corrected chi connectivity index (χ0v) is 42.3. The average Bonchev–Trinajstić information content (AvgIpc) is 3.57. The predicted molar refractivity (Wildman–Crippen MR) is 250 cm³/mol. The Hall–Kier alpha value is -1.25. The molecular formula is C52H94NO8P. The van der Waals surface area contributed by atoms with Crippen molar-refractivity contribution in [1.29, 1.82) is 0 Å². The van der Waals surface area contributed by atoms with Crippen LogP contribution in [0.4, 0.5) is 0 Å². The molecule has 0 aromatic carbocycles. The fourth-order valence-corrected chi connectivity index (χ4v) is 13.2. The Bertz CT molecular complexity index is 1430. The fourth-order valence-electron chi connectivity index (χ4n) is 12.4. The van der Waals surface area contributed by atoms with Crippen molar-refractivity contribution < 1.29 is 42.1 Å². The second-order valence-electron chi connectivity index (χ2n) is 22.6. The smallest absolute Gasteiger partial charge is 0.309 e. The number of rotatable bonds is 30. The molecule has 62 heavy (non-hydrogen) atoms. The maximum atomic E-state index is 13.9. The number of allylic oxidation sites excluding steroid dienone is 2. The predicted octanol–water partition coefficient (Wildman–Crippen LogP) is 12.8. The van der Waals surface area contributed by atoms with E-state index in [9.17, 15) is 19.0 Å². The lowest BCUT2D eigenvalue weighted by molar-refractivity contribution is -0.870. The Morgan fingerprint density at radius 1 is 0.806 bits per heavy atom. The van der Waals surface area contributed by atoms with Crippen LogP contribution in [0.2, 0.25) is 0 Å². The molecule has 0 aliphatic heterocycles. The molecule has 0 spiro atoms. The van der Waals surface area contributed by atoms with Crippen LogP contribution in [-0.2, 0) is 32.7 Å². The number of carbonyl (C=O) groups is 2. The molecule has 3 fully saturated rings. The highest BCUT2D eigenvalue weighted by molar-refractivity contribution is 7.45. The summed E-state index contributed by atoms with van der Waals surface area (Å²) < 4.78 is 35.2. The quantitative estimate of drug-likeness (QED) is 0.0230. The Balaban J connectivity index is 1.28. The Morgan fingerprint density at radius 2 is 1.45 bits per heavy atom. The van der Waals surface area contributed by atoms with E-state index in [1.807, 2.05) is 21.1 Å². The van der Waals surface area contributed by atoms with Gasteiger partial charge in [0, 0.05) is 6.42 Å². The molecule has 0 radical (unpaired) electrons. The summed E-state index contributed by atoms with van der Waals surface area (Å²) in [4.78, 5) is 39.5. The number of carbonyl (C=O) groups excluding carboxylic acids is 2. The molecule has 0 heterocycles. The van der Waals surface area contributed by atoms with E-state index in [0.717, 1.165) is 62.2 Å². The van der Waals surface area contributed by atoms with Crippen molar-refractivity contribution in [2.45, 2.75) is 208 Å².